The second-order valence-corrected chi connectivity index (χ2v) is 5.78. The van der Waals surface area contributed by atoms with E-state index in [0.717, 1.165) is 10.8 Å². The van der Waals surface area contributed by atoms with Crippen LogP contribution in [0.15, 0.2) is 65.1 Å². The van der Waals surface area contributed by atoms with Gasteiger partial charge in [-0.05, 0) is 22.9 Å². The van der Waals surface area contributed by atoms with Gasteiger partial charge in [0.1, 0.15) is 5.75 Å². The lowest BCUT2D eigenvalue weighted by molar-refractivity contribution is -0.118. The molecule has 1 heterocycles. The molecule has 1 amide bonds. The van der Waals surface area contributed by atoms with Crippen LogP contribution in [-0.2, 0) is 4.79 Å². The molecule has 3 rings (SSSR count). The molecule has 0 spiro atoms. The van der Waals surface area contributed by atoms with E-state index in [9.17, 15) is 9.90 Å². The minimum atomic E-state index is -0.275. The Balaban J connectivity index is 1.64. The van der Waals surface area contributed by atoms with Crippen LogP contribution < -0.4 is 5.43 Å². The van der Waals surface area contributed by atoms with Gasteiger partial charge in [0, 0.05) is 18.0 Å². The zero-order valence-electron chi connectivity index (χ0n) is 12.6. The molecule has 0 unspecified atom stereocenters. The standard InChI is InChI=1S/C17H14N4O2S/c22-15-7-6-12-4-1-2-5-13(12)14(15)10-20-21-16(23)11-24-17-18-8-3-9-19-17/h1-10,22H,11H2,(H,21,23). The topological polar surface area (TPSA) is 87.5 Å². The first-order valence-corrected chi connectivity index (χ1v) is 8.15. The highest BCUT2D eigenvalue weighted by Gasteiger charge is 2.05. The van der Waals surface area contributed by atoms with Crippen LogP contribution in [0.2, 0.25) is 0 Å². The van der Waals surface area contributed by atoms with Gasteiger partial charge in [-0.15, -0.1) is 0 Å². The van der Waals surface area contributed by atoms with E-state index in [-0.39, 0.29) is 17.4 Å². The number of phenolic OH excluding ortho intramolecular Hbond substituents is 1. The molecule has 0 aliphatic carbocycles. The van der Waals surface area contributed by atoms with Crippen LogP contribution in [0.25, 0.3) is 10.8 Å². The smallest absolute Gasteiger partial charge is 0.250 e. The Hall–Kier alpha value is -2.93. The zero-order chi connectivity index (χ0) is 16.8. The molecule has 2 aromatic carbocycles. The van der Waals surface area contributed by atoms with Gasteiger partial charge in [0.2, 0.25) is 0 Å². The van der Waals surface area contributed by atoms with Gasteiger partial charge in [-0.3, -0.25) is 4.79 Å². The maximum atomic E-state index is 11.8. The number of hydrogen-bond donors (Lipinski definition) is 2. The predicted octanol–water partition coefficient (Wildman–Crippen LogP) is 2.58. The Bertz CT molecular complexity index is 884. The SMILES string of the molecule is O=C(CSc1ncccn1)NN=Cc1c(O)ccc2ccccc12. The summed E-state index contributed by atoms with van der Waals surface area (Å²) in [6, 6.07) is 12.8. The van der Waals surface area contributed by atoms with E-state index in [1.165, 1.54) is 18.0 Å². The van der Waals surface area contributed by atoms with E-state index < -0.39 is 0 Å². The van der Waals surface area contributed by atoms with E-state index in [1.807, 2.05) is 30.3 Å². The van der Waals surface area contributed by atoms with Crippen LogP contribution in [0.3, 0.4) is 0 Å². The van der Waals surface area contributed by atoms with Crippen molar-refractivity contribution in [3.05, 3.63) is 60.4 Å². The fraction of sp³-hybridized carbons (Fsp3) is 0.0588. The minimum Gasteiger partial charge on any atom is -0.507 e. The summed E-state index contributed by atoms with van der Waals surface area (Å²) < 4.78 is 0. The molecular formula is C17H14N4O2S. The van der Waals surface area contributed by atoms with E-state index in [0.29, 0.717) is 10.7 Å². The molecule has 0 saturated heterocycles. The number of rotatable bonds is 5. The lowest BCUT2D eigenvalue weighted by Crippen LogP contribution is -2.19. The number of aromatic nitrogens is 2. The van der Waals surface area contributed by atoms with Crippen molar-refractivity contribution in [2.45, 2.75) is 5.16 Å². The van der Waals surface area contributed by atoms with Crippen LogP contribution in [0.1, 0.15) is 5.56 Å². The summed E-state index contributed by atoms with van der Waals surface area (Å²) in [7, 11) is 0. The number of thioether (sulfide) groups is 1. The molecule has 0 atom stereocenters. The second-order valence-electron chi connectivity index (χ2n) is 4.83. The maximum Gasteiger partial charge on any atom is 0.250 e. The Morgan fingerprint density at radius 3 is 2.79 bits per heavy atom. The van der Waals surface area contributed by atoms with Crippen LogP contribution in [0.4, 0.5) is 0 Å². The summed E-state index contributed by atoms with van der Waals surface area (Å²) >= 11 is 1.22. The summed E-state index contributed by atoms with van der Waals surface area (Å²) in [5.74, 6) is -0.00901. The zero-order valence-corrected chi connectivity index (χ0v) is 13.4. The van der Waals surface area contributed by atoms with Crippen molar-refractivity contribution in [3.8, 4) is 5.75 Å². The fourth-order valence-electron chi connectivity index (χ4n) is 2.11. The lowest BCUT2D eigenvalue weighted by Gasteiger charge is -2.04. The van der Waals surface area contributed by atoms with Gasteiger partial charge in [0.05, 0.1) is 12.0 Å². The molecule has 0 aliphatic rings. The number of benzene rings is 2. The third-order valence-electron chi connectivity index (χ3n) is 3.21. The summed E-state index contributed by atoms with van der Waals surface area (Å²) in [5.41, 5.74) is 3.00. The lowest BCUT2D eigenvalue weighted by atomic mass is 10.0. The van der Waals surface area contributed by atoms with Crippen molar-refractivity contribution in [2.75, 3.05) is 5.75 Å². The normalized spacial score (nSPS) is 11.0. The number of amides is 1. The summed E-state index contributed by atoms with van der Waals surface area (Å²) in [6.07, 6.45) is 4.68. The maximum absolute atomic E-state index is 11.8. The molecule has 0 saturated carbocycles. The van der Waals surface area contributed by atoms with Crippen LogP contribution in [0.5, 0.6) is 5.75 Å². The minimum absolute atomic E-state index is 0.110. The van der Waals surface area contributed by atoms with Crippen LogP contribution in [-0.4, -0.2) is 32.9 Å². The number of carbonyl (C=O) groups is 1. The van der Waals surface area contributed by atoms with E-state index in [2.05, 4.69) is 20.5 Å². The number of phenols is 1. The molecule has 0 bridgehead atoms. The van der Waals surface area contributed by atoms with E-state index >= 15 is 0 Å². The number of nitrogens with one attached hydrogen (secondary N) is 1. The number of hydrazone groups is 1. The number of fused-ring (bicyclic) bond motifs is 1. The van der Waals surface area contributed by atoms with Gasteiger partial charge in [-0.1, -0.05) is 42.1 Å². The largest absolute Gasteiger partial charge is 0.507 e. The number of aromatic hydroxyl groups is 1. The molecule has 3 aromatic rings. The Morgan fingerprint density at radius 2 is 1.96 bits per heavy atom. The Kier molecular flexibility index (Phi) is 5.02. The summed E-state index contributed by atoms with van der Waals surface area (Å²) in [4.78, 5) is 19.8. The molecule has 1 aromatic heterocycles. The molecule has 0 radical (unpaired) electrons. The van der Waals surface area contributed by atoms with Crippen LogP contribution in [0, 0.1) is 0 Å². The van der Waals surface area contributed by atoms with Gasteiger partial charge >= 0.3 is 0 Å². The van der Waals surface area contributed by atoms with Gasteiger partial charge in [-0.2, -0.15) is 5.10 Å². The first-order valence-electron chi connectivity index (χ1n) is 7.16. The highest BCUT2D eigenvalue weighted by atomic mass is 32.2. The number of hydrogen-bond acceptors (Lipinski definition) is 6. The molecule has 0 aliphatic heterocycles. The van der Waals surface area contributed by atoms with E-state index in [1.54, 1.807) is 24.5 Å². The van der Waals surface area contributed by atoms with Crippen LogP contribution >= 0.6 is 11.8 Å². The van der Waals surface area contributed by atoms with Crippen molar-refractivity contribution in [2.24, 2.45) is 5.10 Å². The van der Waals surface area contributed by atoms with Crippen molar-refractivity contribution < 1.29 is 9.90 Å². The molecular weight excluding hydrogens is 324 g/mol. The molecule has 0 fully saturated rings. The first kappa shape index (κ1) is 15.9. The van der Waals surface area contributed by atoms with Gasteiger partial charge < -0.3 is 5.11 Å². The average Bonchev–Trinajstić information content (AvgIpc) is 2.63. The number of carbonyl (C=O) groups excluding carboxylic acids is 1. The van der Waals surface area contributed by atoms with Crippen molar-refractivity contribution >= 4 is 34.7 Å². The third kappa shape index (κ3) is 3.88. The molecule has 6 nitrogen and oxygen atoms in total. The molecule has 2 N–H and O–H groups in total. The quantitative estimate of drug-likeness (QED) is 0.323. The monoisotopic (exact) mass is 338 g/mol. The number of nitrogens with zero attached hydrogens (tertiary/aromatic N) is 3. The molecule has 7 heteroatoms. The fourth-order valence-corrected chi connectivity index (χ4v) is 2.71. The van der Waals surface area contributed by atoms with E-state index in [4.69, 9.17) is 0 Å². The predicted molar refractivity (Wildman–Crippen MR) is 94.1 cm³/mol. The Labute approximate surface area is 142 Å². The third-order valence-corrected chi connectivity index (χ3v) is 4.08. The second kappa shape index (κ2) is 7.56. The van der Waals surface area contributed by atoms with Gasteiger partial charge in [0.15, 0.2) is 5.16 Å². The summed E-state index contributed by atoms with van der Waals surface area (Å²) in [6.45, 7) is 0. The summed E-state index contributed by atoms with van der Waals surface area (Å²) in [5, 5.41) is 16.3. The van der Waals surface area contributed by atoms with Crippen molar-refractivity contribution in [1.29, 1.82) is 0 Å². The highest BCUT2D eigenvalue weighted by Crippen LogP contribution is 2.25. The van der Waals surface area contributed by atoms with Crippen molar-refractivity contribution in [3.63, 3.8) is 0 Å². The van der Waals surface area contributed by atoms with Gasteiger partial charge in [0.25, 0.3) is 5.91 Å². The first-order chi connectivity index (χ1) is 11.7. The Morgan fingerprint density at radius 1 is 1.17 bits per heavy atom. The van der Waals surface area contributed by atoms with Gasteiger partial charge in [-0.25, -0.2) is 15.4 Å². The van der Waals surface area contributed by atoms with Crippen molar-refractivity contribution in [1.82, 2.24) is 15.4 Å². The molecule has 24 heavy (non-hydrogen) atoms. The molecule has 120 valence electrons. The highest BCUT2D eigenvalue weighted by molar-refractivity contribution is 7.99. The average molecular weight is 338 g/mol.